The zero-order valence-corrected chi connectivity index (χ0v) is 9.85. The Labute approximate surface area is 98.2 Å². The first-order valence-electron chi connectivity index (χ1n) is 5.13. The standard InChI is InChI=1S/C11H13N3O3/c1-11(2)6-4-7(12)9(14(16)17)5-8(6)13(3)10(11)15/h4-5H,12H2,1-3H3. The van der Waals surface area contributed by atoms with Crippen LogP contribution in [-0.2, 0) is 10.2 Å². The first-order valence-corrected chi connectivity index (χ1v) is 5.13. The smallest absolute Gasteiger partial charge is 0.294 e. The molecule has 0 atom stereocenters. The van der Waals surface area contributed by atoms with Crippen LogP contribution in [0.5, 0.6) is 0 Å². The maximum atomic E-state index is 12.0. The van der Waals surface area contributed by atoms with E-state index in [1.807, 2.05) is 0 Å². The lowest BCUT2D eigenvalue weighted by Gasteiger charge is -2.16. The van der Waals surface area contributed by atoms with Crippen molar-refractivity contribution in [1.29, 1.82) is 0 Å². The fraction of sp³-hybridized carbons (Fsp3) is 0.364. The molecule has 0 aliphatic carbocycles. The highest BCUT2D eigenvalue weighted by Gasteiger charge is 2.43. The average molecular weight is 235 g/mol. The number of nitro benzene ring substituents is 1. The lowest BCUT2D eigenvalue weighted by molar-refractivity contribution is -0.383. The summed E-state index contributed by atoms with van der Waals surface area (Å²) in [5.74, 6) is -0.0904. The van der Waals surface area contributed by atoms with Gasteiger partial charge in [0.25, 0.3) is 5.69 Å². The second-order valence-corrected chi connectivity index (χ2v) is 4.67. The van der Waals surface area contributed by atoms with E-state index in [9.17, 15) is 14.9 Å². The summed E-state index contributed by atoms with van der Waals surface area (Å²) in [6.45, 7) is 3.56. The molecule has 2 rings (SSSR count). The van der Waals surface area contributed by atoms with Gasteiger partial charge in [-0.1, -0.05) is 0 Å². The molecule has 17 heavy (non-hydrogen) atoms. The molecule has 1 amide bonds. The number of fused-ring (bicyclic) bond motifs is 1. The highest BCUT2D eigenvalue weighted by molar-refractivity contribution is 6.08. The van der Waals surface area contributed by atoms with Crippen molar-refractivity contribution in [3.8, 4) is 0 Å². The van der Waals surface area contributed by atoms with Crippen molar-refractivity contribution in [3.63, 3.8) is 0 Å². The molecule has 0 saturated carbocycles. The van der Waals surface area contributed by atoms with Gasteiger partial charge < -0.3 is 10.6 Å². The van der Waals surface area contributed by atoms with Gasteiger partial charge in [0.1, 0.15) is 5.69 Å². The van der Waals surface area contributed by atoms with Crippen molar-refractivity contribution in [2.24, 2.45) is 0 Å². The van der Waals surface area contributed by atoms with Gasteiger partial charge in [0, 0.05) is 13.1 Å². The number of hydrogen-bond donors (Lipinski definition) is 1. The Hall–Kier alpha value is -2.11. The first kappa shape index (κ1) is 11.4. The summed E-state index contributed by atoms with van der Waals surface area (Å²) in [6.07, 6.45) is 0. The summed E-state index contributed by atoms with van der Waals surface area (Å²) >= 11 is 0. The number of carbonyl (C=O) groups is 1. The molecule has 0 fully saturated rings. The summed E-state index contributed by atoms with van der Waals surface area (Å²) in [7, 11) is 1.61. The van der Waals surface area contributed by atoms with E-state index >= 15 is 0 Å². The maximum absolute atomic E-state index is 12.0. The molecule has 6 heteroatoms. The van der Waals surface area contributed by atoms with Gasteiger partial charge in [0.15, 0.2) is 0 Å². The second kappa shape index (κ2) is 3.19. The Morgan fingerprint density at radius 2 is 2.00 bits per heavy atom. The number of likely N-dealkylation sites (N-methyl/N-ethyl adjacent to an activating group) is 1. The number of carbonyl (C=O) groups excluding carboxylic acids is 1. The van der Waals surface area contributed by atoms with E-state index in [4.69, 9.17) is 5.73 Å². The summed E-state index contributed by atoms with van der Waals surface area (Å²) in [5, 5.41) is 10.8. The lowest BCUT2D eigenvalue weighted by Crippen LogP contribution is -2.33. The van der Waals surface area contributed by atoms with Crippen LogP contribution in [0.1, 0.15) is 19.4 Å². The SMILES string of the molecule is CN1C(=O)C(C)(C)c2cc(N)c([N+](=O)[O-])cc21. The third kappa shape index (κ3) is 1.37. The Morgan fingerprint density at radius 3 is 2.53 bits per heavy atom. The Bertz CT molecular complexity index is 537. The lowest BCUT2D eigenvalue weighted by atomic mass is 9.86. The summed E-state index contributed by atoms with van der Waals surface area (Å²) in [4.78, 5) is 23.7. The quantitative estimate of drug-likeness (QED) is 0.453. The Balaban J connectivity index is 2.72. The predicted molar refractivity (Wildman–Crippen MR) is 63.9 cm³/mol. The van der Waals surface area contributed by atoms with Crippen LogP contribution in [0, 0.1) is 10.1 Å². The van der Waals surface area contributed by atoms with Crippen LogP contribution >= 0.6 is 0 Å². The monoisotopic (exact) mass is 235 g/mol. The van der Waals surface area contributed by atoms with Crippen molar-refractivity contribution in [2.75, 3.05) is 17.7 Å². The highest BCUT2D eigenvalue weighted by Crippen LogP contribution is 2.44. The Kier molecular flexibility index (Phi) is 2.14. The fourth-order valence-electron chi connectivity index (χ4n) is 2.17. The van der Waals surface area contributed by atoms with Gasteiger partial charge in [0.05, 0.1) is 16.0 Å². The number of rotatable bonds is 1. The minimum Gasteiger partial charge on any atom is -0.393 e. The van der Waals surface area contributed by atoms with Crippen LogP contribution in [0.2, 0.25) is 0 Å². The third-order valence-electron chi connectivity index (χ3n) is 3.22. The number of anilines is 2. The number of nitro groups is 1. The molecular formula is C11H13N3O3. The largest absolute Gasteiger partial charge is 0.393 e. The predicted octanol–water partition coefficient (Wildman–Crippen LogP) is 1.43. The summed E-state index contributed by atoms with van der Waals surface area (Å²) < 4.78 is 0. The highest BCUT2D eigenvalue weighted by atomic mass is 16.6. The van der Waals surface area contributed by atoms with E-state index in [0.717, 1.165) is 5.56 Å². The topological polar surface area (TPSA) is 89.5 Å². The molecule has 0 radical (unpaired) electrons. The van der Waals surface area contributed by atoms with E-state index in [0.29, 0.717) is 5.69 Å². The summed E-state index contributed by atoms with van der Waals surface area (Å²) in [6, 6.07) is 2.88. The van der Waals surface area contributed by atoms with Crippen molar-refractivity contribution < 1.29 is 9.72 Å². The van der Waals surface area contributed by atoms with Gasteiger partial charge >= 0.3 is 0 Å². The van der Waals surface area contributed by atoms with Gasteiger partial charge in [-0.3, -0.25) is 14.9 Å². The van der Waals surface area contributed by atoms with Gasteiger partial charge in [-0.25, -0.2) is 0 Å². The molecule has 1 aromatic carbocycles. The normalized spacial score (nSPS) is 17.1. The van der Waals surface area contributed by atoms with E-state index in [1.165, 1.54) is 17.0 Å². The molecule has 90 valence electrons. The number of hydrogen-bond acceptors (Lipinski definition) is 4. The van der Waals surface area contributed by atoms with E-state index < -0.39 is 10.3 Å². The van der Waals surface area contributed by atoms with Gasteiger partial charge in [-0.15, -0.1) is 0 Å². The number of amides is 1. The van der Waals surface area contributed by atoms with Crippen molar-refractivity contribution in [3.05, 3.63) is 27.8 Å². The molecule has 6 nitrogen and oxygen atoms in total. The fourth-order valence-corrected chi connectivity index (χ4v) is 2.17. The molecule has 2 N–H and O–H groups in total. The summed E-state index contributed by atoms with van der Waals surface area (Å²) in [5.41, 5.74) is 6.16. The van der Waals surface area contributed by atoms with E-state index in [1.54, 1.807) is 20.9 Å². The first-order chi connectivity index (χ1) is 7.76. The maximum Gasteiger partial charge on any atom is 0.294 e. The van der Waals surface area contributed by atoms with Crippen molar-refractivity contribution in [2.45, 2.75) is 19.3 Å². The molecule has 0 bridgehead atoms. The minimum absolute atomic E-state index is 0.0879. The van der Waals surface area contributed by atoms with Crippen LogP contribution in [0.25, 0.3) is 0 Å². The van der Waals surface area contributed by atoms with Crippen molar-refractivity contribution in [1.82, 2.24) is 0 Å². The molecule has 0 saturated heterocycles. The van der Waals surface area contributed by atoms with Gasteiger partial charge in [-0.2, -0.15) is 0 Å². The molecule has 1 aliphatic rings. The molecule has 1 aliphatic heterocycles. The number of nitrogens with two attached hydrogens (primary N) is 1. The van der Waals surface area contributed by atoms with Crippen LogP contribution in [-0.4, -0.2) is 17.9 Å². The molecule has 1 aromatic rings. The van der Waals surface area contributed by atoms with Gasteiger partial charge in [0.2, 0.25) is 5.91 Å². The zero-order valence-electron chi connectivity index (χ0n) is 9.85. The molecule has 0 aromatic heterocycles. The van der Waals surface area contributed by atoms with Crippen LogP contribution in [0.3, 0.4) is 0 Å². The Morgan fingerprint density at radius 1 is 1.41 bits per heavy atom. The van der Waals surface area contributed by atoms with E-state index in [-0.39, 0.29) is 17.3 Å². The van der Waals surface area contributed by atoms with Gasteiger partial charge in [-0.05, 0) is 25.5 Å². The van der Waals surface area contributed by atoms with E-state index in [2.05, 4.69) is 0 Å². The number of benzene rings is 1. The number of nitrogens with zero attached hydrogens (tertiary/aromatic N) is 2. The van der Waals surface area contributed by atoms with Crippen LogP contribution in [0.15, 0.2) is 12.1 Å². The molecule has 0 spiro atoms. The molecule has 0 unspecified atom stereocenters. The molecule has 1 heterocycles. The number of nitrogen functional groups attached to an aromatic ring is 1. The molecular weight excluding hydrogens is 222 g/mol. The van der Waals surface area contributed by atoms with Crippen molar-refractivity contribution >= 4 is 23.0 Å². The average Bonchev–Trinajstić information content (AvgIpc) is 2.40. The minimum atomic E-state index is -0.687. The van der Waals surface area contributed by atoms with Crippen LogP contribution < -0.4 is 10.6 Å². The van der Waals surface area contributed by atoms with Crippen LogP contribution in [0.4, 0.5) is 17.1 Å². The third-order valence-corrected chi connectivity index (χ3v) is 3.22. The second-order valence-electron chi connectivity index (χ2n) is 4.67. The zero-order chi connectivity index (χ0) is 13.0.